The van der Waals surface area contributed by atoms with Gasteiger partial charge in [0.15, 0.2) is 0 Å². The lowest BCUT2D eigenvalue weighted by Crippen LogP contribution is -2.49. The summed E-state index contributed by atoms with van der Waals surface area (Å²) in [6.45, 7) is 1.17. The molecule has 1 amide bonds. The number of piperidine rings is 1. The molecule has 1 atom stereocenters. The van der Waals surface area contributed by atoms with Crippen LogP contribution in [0.15, 0.2) is 54.9 Å². The van der Waals surface area contributed by atoms with Gasteiger partial charge in [0.2, 0.25) is 0 Å². The van der Waals surface area contributed by atoms with Gasteiger partial charge in [-0.2, -0.15) is 0 Å². The van der Waals surface area contributed by atoms with Crippen LogP contribution >= 0.6 is 11.6 Å². The Labute approximate surface area is 201 Å². The Morgan fingerprint density at radius 3 is 2.85 bits per heavy atom. The van der Waals surface area contributed by atoms with Crippen LogP contribution < -0.4 is 10.2 Å². The molecule has 0 saturated carbocycles. The summed E-state index contributed by atoms with van der Waals surface area (Å²) in [7, 11) is 0. The average Bonchev–Trinajstić information content (AvgIpc) is 3.36. The van der Waals surface area contributed by atoms with Crippen molar-refractivity contribution >= 4 is 34.1 Å². The third-order valence-corrected chi connectivity index (χ3v) is 6.23. The van der Waals surface area contributed by atoms with E-state index in [-0.39, 0.29) is 11.9 Å². The minimum Gasteiger partial charge on any atom is -0.315 e. The van der Waals surface area contributed by atoms with Gasteiger partial charge in [-0.1, -0.05) is 28.9 Å². The number of aromatic nitrogens is 4. The Balaban J connectivity index is 1.53. The van der Waals surface area contributed by atoms with Gasteiger partial charge in [0.25, 0.3) is 5.91 Å². The van der Waals surface area contributed by atoms with Crippen LogP contribution in [0.3, 0.4) is 0 Å². The number of amides is 1. The molecule has 7 nitrogen and oxygen atoms in total. The number of hydrogen-bond acceptors (Lipinski definition) is 5. The number of carbonyl (C=O) groups excluding carboxylic acids is 1. The molecule has 3 heterocycles. The highest BCUT2D eigenvalue weighted by Crippen LogP contribution is 2.33. The number of halogens is 1. The molecule has 0 aliphatic carbocycles. The first kappa shape index (κ1) is 18.2. The SMILES string of the molecule is [2H]C([2H])([2H])n1cc(-c2ccc(C(=O)N(c3nccc4cc(Cl)cc(C)c34)[C@@H]3CCCNC3)cc2)nn1. The highest BCUT2D eigenvalue weighted by molar-refractivity contribution is 6.31. The molecule has 2 aromatic carbocycles. The van der Waals surface area contributed by atoms with Gasteiger partial charge in [0.05, 0.1) is 12.2 Å². The van der Waals surface area contributed by atoms with E-state index in [1.54, 1.807) is 35.4 Å². The molecule has 8 heteroatoms. The number of aryl methyl sites for hydroxylation is 2. The van der Waals surface area contributed by atoms with E-state index >= 15 is 0 Å². The normalized spacial score (nSPS) is 17.9. The zero-order valence-corrected chi connectivity index (χ0v) is 18.9. The highest BCUT2D eigenvalue weighted by Gasteiger charge is 2.30. The van der Waals surface area contributed by atoms with Crippen molar-refractivity contribution in [3.63, 3.8) is 0 Å². The fourth-order valence-electron chi connectivity index (χ4n) is 4.45. The molecule has 1 aliphatic heterocycles. The van der Waals surface area contributed by atoms with E-state index in [4.69, 9.17) is 15.7 Å². The third-order valence-electron chi connectivity index (χ3n) is 6.01. The number of hydrogen-bond donors (Lipinski definition) is 1. The molecule has 0 spiro atoms. The molecule has 2 aromatic heterocycles. The molecule has 1 N–H and O–H groups in total. The molecule has 5 rings (SSSR count). The summed E-state index contributed by atoms with van der Waals surface area (Å²) in [4.78, 5) is 20.4. The van der Waals surface area contributed by atoms with E-state index < -0.39 is 6.98 Å². The lowest BCUT2D eigenvalue weighted by Gasteiger charge is -2.35. The molecule has 1 aliphatic rings. The lowest BCUT2D eigenvalue weighted by molar-refractivity contribution is 0.0972. The molecule has 4 aromatic rings. The Morgan fingerprint density at radius 1 is 1.27 bits per heavy atom. The zero-order valence-electron chi connectivity index (χ0n) is 21.1. The van der Waals surface area contributed by atoms with E-state index in [1.165, 1.54) is 6.20 Å². The van der Waals surface area contributed by atoms with Crippen molar-refractivity contribution in [1.82, 2.24) is 25.3 Å². The monoisotopic (exact) mass is 463 g/mol. The second kappa shape index (κ2) is 8.92. The first-order chi connectivity index (χ1) is 17.2. The number of pyridine rings is 1. The average molecular weight is 464 g/mol. The van der Waals surface area contributed by atoms with E-state index in [2.05, 4.69) is 20.6 Å². The molecule has 1 fully saturated rings. The van der Waals surface area contributed by atoms with Gasteiger partial charge in [-0.15, -0.1) is 5.10 Å². The summed E-state index contributed by atoms with van der Waals surface area (Å²) in [5.41, 5.74) is 2.54. The highest BCUT2D eigenvalue weighted by atomic mass is 35.5. The van der Waals surface area contributed by atoms with Crippen LogP contribution in [0.25, 0.3) is 22.0 Å². The van der Waals surface area contributed by atoms with Crippen molar-refractivity contribution in [3.8, 4) is 11.3 Å². The van der Waals surface area contributed by atoms with Crippen molar-refractivity contribution in [2.75, 3.05) is 18.0 Å². The van der Waals surface area contributed by atoms with Crippen LogP contribution in [-0.2, 0) is 6.98 Å². The summed E-state index contributed by atoms with van der Waals surface area (Å²) in [6.07, 6.45) is 4.90. The second-order valence-electron chi connectivity index (χ2n) is 8.26. The van der Waals surface area contributed by atoms with E-state index in [1.807, 2.05) is 25.1 Å². The van der Waals surface area contributed by atoms with Gasteiger partial charge in [0.1, 0.15) is 11.5 Å². The molecular weight excluding hydrogens is 436 g/mol. The topological polar surface area (TPSA) is 75.9 Å². The van der Waals surface area contributed by atoms with Crippen molar-refractivity contribution in [3.05, 3.63) is 71.0 Å². The van der Waals surface area contributed by atoms with Crippen LogP contribution in [0, 0.1) is 6.92 Å². The number of benzene rings is 2. The molecule has 33 heavy (non-hydrogen) atoms. The minimum absolute atomic E-state index is 0.0571. The number of rotatable bonds is 4. The van der Waals surface area contributed by atoms with Crippen molar-refractivity contribution in [2.45, 2.75) is 25.8 Å². The fraction of sp³-hybridized carbons (Fsp3) is 0.280. The lowest BCUT2D eigenvalue weighted by atomic mass is 10.0. The summed E-state index contributed by atoms with van der Waals surface area (Å²) in [6, 6.07) is 12.6. The predicted molar refractivity (Wildman–Crippen MR) is 131 cm³/mol. The van der Waals surface area contributed by atoms with E-state index in [0.29, 0.717) is 34.2 Å². The maximum atomic E-state index is 14.0. The summed E-state index contributed by atoms with van der Waals surface area (Å²) >= 11 is 6.30. The summed E-state index contributed by atoms with van der Waals surface area (Å²) in [5.74, 6) is 0.459. The quantitative estimate of drug-likeness (QED) is 0.485. The maximum absolute atomic E-state index is 14.0. The first-order valence-electron chi connectivity index (χ1n) is 12.3. The van der Waals surface area contributed by atoms with Crippen LogP contribution in [0.2, 0.25) is 5.02 Å². The summed E-state index contributed by atoms with van der Waals surface area (Å²) < 4.78 is 23.3. The van der Waals surface area contributed by atoms with Gasteiger partial charge >= 0.3 is 0 Å². The van der Waals surface area contributed by atoms with Crippen LogP contribution in [0.1, 0.15) is 32.9 Å². The Bertz CT molecular complexity index is 1410. The number of carbonyl (C=O) groups is 1. The molecular formula is C25H25ClN6O. The Hall–Kier alpha value is -3.29. The fourth-order valence-corrected chi connectivity index (χ4v) is 4.73. The first-order valence-corrected chi connectivity index (χ1v) is 11.2. The van der Waals surface area contributed by atoms with Crippen LogP contribution in [-0.4, -0.2) is 45.0 Å². The molecule has 0 bridgehead atoms. The maximum Gasteiger partial charge on any atom is 0.259 e. The second-order valence-corrected chi connectivity index (χ2v) is 8.69. The van der Waals surface area contributed by atoms with Crippen molar-refractivity contribution < 1.29 is 8.91 Å². The molecule has 0 radical (unpaired) electrons. The zero-order chi connectivity index (χ0) is 25.4. The van der Waals surface area contributed by atoms with E-state index in [0.717, 1.165) is 40.4 Å². The smallest absolute Gasteiger partial charge is 0.259 e. The largest absolute Gasteiger partial charge is 0.315 e. The molecule has 1 saturated heterocycles. The predicted octanol–water partition coefficient (Wildman–Crippen LogP) is 4.39. The van der Waals surface area contributed by atoms with Gasteiger partial charge in [0, 0.05) is 45.4 Å². The Morgan fingerprint density at radius 2 is 2.12 bits per heavy atom. The minimum atomic E-state index is -2.40. The van der Waals surface area contributed by atoms with E-state index in [9.17, 15) is 4.79 Å². The Kier molecular flexibility index (Phi) is 4.91. The standard InChI is InChI=1S/C25H25ClN6O/c1-16-12-20(26)13-19-9-11-28-24(23(16)19)32(21-4-3-10-27-14-21)25(33)18-7-5-17(6-8-18)22-15-31(2)30-29-22/h5-9,11-13,15,21,27H,3-4,10,14H2,1-2H3/t21-/m1/s1/i2D3. The third kappa shape index (κ3) is 4.21. The summed E-state index contributed by atoms with van der Waals surface area (Å²) in [5, 5.41) is 13.5. The molecule has 168 valence electrons. The van der Waals surface area contributed by atoms with Crippen molar-refractivity contribution in [2.24, 2.45) is 6.98 Å². The van der Waals surface area contributed by atoms with Crippen LogP contribution in [0.5, 0.6) is 0 Å². The number of fused-ring (bicyclic) bond motifs is 1. The van der Waals surface area contributed by atoms with Gasteiger partial charge < -0.3 is 5.32 Å². The number of nitrogens with one attached hydrogen (secondary N) is 1. The van der Waals surface area contributed by atoms with Gasteiger partial charge in [-0.3, -0.25) is 14.4 Å². The molecule has 0 unspecified atom stereocenters. The number of anilines is 1. The van der Waals surface area contributed by atoms with Gasteiger partial charge in [-0.25, -0.2) is 4.98 Å². The van der Waals surface area contributed by atoms with Crippen LogP contribution in [0.4, 0.5) is 5.82 Å². The number of nitrogens with zero attached hydrogens (tertiary/aromatic N) is 5. The van der Waals surface area contributed by atoms with Gasteiger partial charge in [-0.05, 0) is 67.6 Å². The van der Waals surface area contributed by atoms with Crippen molar-refractivity contribution in [1.29, 1.82) is 0 Å².